The zero-order chi connectivity index (χ0) is 32.0. The minimum absolute atomic E-state index is 0.0298. The highest BCUT2D eigenvalue weighted by atomic mass is 15.1. The molecule has 0 N–H and O–H groups in total. The van der Waals surface area contributed by atoms with Crippen LogP contribution in [0.4, 0.5) is 17.1 Å². The van der Waals surface area contributed by atoms with Gasteiger partial charge in [-0.05, 0) is 125 Å². The molecule has 10 rings (SSSR count). The van der Waals surface area contributed by atoms with Crippen LogP contribution in [0.5, 0.6) is 0 Å². The fourth-order valence-corrected chi connectivity index (χ4v) is 8.45. The topological polar surface area (TPSA) is 3.24 Å². The number of nitrogens with zero attached hydrogens (tertiary/aromatic N) is 1. The van der Waals surface area contributed by atoms with Crippen molar-refractivity contribution in [2.24, 2.45) is 0 Å². The number of rotatable bonds is 3. The van der Waals surface area contributed by atoms with E-state index in [0.29, 0.717) is 0 Å². The molecule has 0 radical (unpaired) electrons. The maximum Gasteiger partial charge on any atom is 0.0468 e. The van der Waals surface area contributed by atoms with E-state index in [1.54, 1.807) is 0 Å². The zero-order valence-corrected chi connectivity index (χ0v) is 27.0. The molecule has 9 aromatic carbocycles. The number of hydrogen-bond acceptors (Lipinski definition) is 1. The molecule has 0 unspecified atom stereocenters. The Bertz CT molecular complexity index is 2720. The molecule has 0 aliphatic heterocycles. The summed E-state index contributed by atoms with van der Waals surface area (Å²) >= 11 is 0. The van der Waals surface area contributed by atoms with Gasteiger partial charge in [0.05, 0.1) is 0 Å². The van der Waals surface area contributed by atoms with Gasteiger partial charge in [0, 0.05) is 22.5 Å². The average molecular weight is 612 g/mol. The zero-order valence-electron chi connectivity index (χ0n) is 27.0. The van der Waals surface area contributed by atoms with Crippen LogP contribution >= 0.6 is 0 Å². The molecule has 1 aliphatic rings. The average Bonchev–Trinajstić information content (AvgIpc) is 3.36. The summed E-state index contributed by atoms with van der Waals surface area (Å²) in [7, 11) is 0. The van der Waals surface area contributed by atoms with Crippen LogP contribution in [-0.2, 0) is 5.41 Å². The van der Waals surface area contributed by atoms with Gasteiger partial charge in [0.2, 0.25) is 0 Å². The van der Waals surface area contributed by atoms with E-state index < -0.39 is 0 Å². The highest BCUT2D eigenvalue weighted by Gasteiger charge is 2.35. The smallest absolute Gasteiger partial charge is 0.0468 e. The number of anilines is 3. The van der Waals surface area contributed by atoms with E-state index in [9.17, 15) is 0 Å². The lowest BCUT2D eigenvalue weighted by Gasteiger charge is -2.27. The Morgan fingerprint density at radius 3 is 1.58 bits per heavy atom. The van der Waals surface area contributed by atoms with Gasteiger partial charge < -0.3 is 4.90 Å². The van der Waals surface area contributed by atoms with Gasteiger partial charge in [-0.2, -0.15) is 0 Å². The van der Waals surface area contributed by atoms with E-state index in [2.05, 4.69) is 183 Å². The SMILES string of the molecule is CC1(C)c2ccccc2-c2cc3ccc4cc(N(c5ccccc5)c5ccc6c7ccccc7c7ccccc7c6c5)ccc4c3cc21. The summed E-state index contributed by atoms with van der Waals surface area (Å²) in [5.74, 6) is 0. The predicted molar refractivity (Wildman–Crippen MR) is 206 cm³/mol. The second kappa shape index (κ2) is 10.0. The molecule has 0 aromatic heterocycles. The van der Waals surface area contributed by atoms with Crippen LogP contribution in [0.15, 0.2) is 164 Å². The van der Waals surface area contributed by atoms with Gasteiger partial charge in [-0.3, -0.25) is 0 Å². The summed E-state index contributed by atoms with van der Waals surface area (Å²) in [6, 6.07) is 60.7. The van der Waals surface area contributed by atoms with Crippen LogP contribution in [0.2, 0.25) is 0 Å². The fourth-order valence-electron chi connectivity index (χ4n) is 8.45. The van der Waals surface area contributed by atoms with E-state index in [1.165, 1.54) is 76.1 Å². The Morgan fingerprint density at radius 1 is 0.333 bits per heavy atom. The molecule has 0 atom stereocenters. The molecule has 0 bridgehead atoms. The first-order valence-corrected chi connectivity index (χ1v) is 16.9. The van der Waals surface area contributed by atoms with Crippen molar-refractivity contribution in [1.29, 1.82) is 0 Å². The van der Waals surface area contributed by atoms with Crippen LogP contribution < -0.4 is 4.90 Å². The van der Waals surface area contributed by atoms with Crippen molar-refractivity contribution in [3.8, 4) is 11.1 Å². The lowest BCUT2D eigenvalue weighted by Crippen LogP contribution is -2.14. The largest absolute Gasteiger partial charge is 0.310 e. The van der Waals surface area contributed by atoms with Gasteiger partial charge in [0.25, 0.3) is 0 Å². The second-order valence-electron chi connectivity index (χ2n) is 13.8. The molecular weight excluding hydrogens is 579 g/mol. The molecule has 0 fully saturated rings. The van der Waals surface area contributed by atoms with Crippen molar-refractivity contribution in [3.05, 3.63) is 175 Å². The number of fused-ring (bicyclic) bond motifs is 12. The standard InChI is InChI=1S/C47H33N/c1-47(2)45-19-11-10-18-41(45)44-27-31-21-20-30-26-33(22-24-35(30)42(31)29-46(44)47)48(32-12-4-3-5-13-32)34-23-25-40-38-16-7-6-14-36(38)37-15-8-9-17-39(37)43(40)28-34/h3-29H,1-2H3. The summed E-state index contributed by atoms with van der Waals surface area (Å²) in [6.07, 6.45) is 0. The van der Waals surface area contributed by atoms with Crippen LogP contribution in [0, 0.1) is 0 Å². The number of benzene rings is 9. The van der Waals surface area contributed by atoms with Gasteiger partial charge in [-0.25, -0.2) is 0 Å². The molecule has 0 amide bonds. The van der Waals surface area contributed by atoms with Crippen LogP contribution in [-0.4, -0.2) is 0 Å². The van der Waals surface area contributed by atoms with Crippen molar-refractivity contribution < 1.29 is 0 Å². The second-order valence-corrected chi connectivity index (χ2v) is 13.8. The third-order valence-corrected chi connectivity index (χ3v) is 10.8. The Morgan fingerprint density at radius 2 is 0.875 bits per heavy atom. The Kier molecular flexibility index (Phi) is 5.69. The molecule has 0 saturated carbocycles. The highest BCUT2D eigenvalue weighted by Crippen LogP contribution is 2.50. The third kappa shape index (κ3) is 3.85. The van der Waals surface area contributed by atoms with Crippen molar-refractivity contribution >= 4 is 70.9 Å². The molecule has 48 heavy (non-hydrogen) atoms. The number of hydrogen-bond donors (Lipinski definition) is 0. The predicted octanol–water partition coefficient (Wildman–Crippen LogP) is 13.2. The number of para-hydroxylation sites is 1. The summed E-state index contributed by atoms with van der Waals surface area (Å²) in [5.41, 5.74) is 8.96. The molecule has 1 nitrogen and oxygen atoms in total. The van der Waals surface area contributed by atoms with Crippen molar-refractivity contribution in [1.82, 2.24) is 0 Å². The Balaban J connectivity index is 1.17. The van der Waals surface area contributed by atoms with Gasteiger partial charge >= 0.3 is 0 Å². The first-order chi connectivity index (χ1) is 23.6. The third-order valence-electron chi connectivity index (χ3n) is 10.8. The van der Waals surface area contributed by atoms with E-state index in [1.807, 2.05) is 0 Å². The first kappa shape index (κ1) is 27.2. The minimum Gasteiger partial charge on any atom is -0.310 e. The highest BCUT2D eigenvalue weighted by molar-refractivity contribution is 6.25. The summed E-state index contributed by atoms with van der Waals surface area (Å²) in [5, 5.41) is 12.8. The van der Waals surface area contributed by atoms with Gasteiger partial charge in [-0.1, -0.05) is 129 Å². The molecule has 9 aromatic rings. The Hall–Kier alpha value is -5.92. The monoisotopic (exact) mass is 611 g/mol. The van der Waals surface area contributed by atoms with E-state index >= 15 is 0 Å². The lowest BCUT2D eigenvalue weighted by molar-refractivity contribution is 0.661. The molecule has 0 spiro atoms. The first-order valence-electron chi connectivity index (χ1n) is 16.9. The van der Waals surface area contributed by atoms with E-state index in [-0.39, 0.29) is 5.41 Å². The molecule has 1 aliphatic carbocycles. The maximum atomic E-state index is 2.46. The molecule has 0 saturated heterocycles. The maximum absolute atomic E-state index is 2.46. The van der Waals surface area contributed by atoms with Crippen molar-refractivity contribution in [2.75, 3.05) is 4.90 Å². The molecular formula is C47H33N. The van der Waals surface area contributed by atoms with Crippen molar-refractivity contribution in [3.63, 3.8) is 0 Å². The van der Waals surface area contributed by atoms with E-state index in [4.69, 9.17) is 0 Å². The minimum atomic E-state index is -0.0298. The van der Waals surface area contributed by atoms with Gasteiger partial charge in [0.1, 0.15) is 0 Å². The molecule has 226 valence electrons. The normalized spacial score (nSPS) is 13.4. The van der Waals surface area contributed by atoms with Gasteiger partial charge in [0.15, 0.2) is 0 Å². The molecule has 0 heterocycles. The summed E-state index contributed by atoms with van der Waals surface area (Å²) in [4.78, 5) is 2.40. The molecule has 1 heteroatoms. The summed E-state index contributed by atoms with van der Waals surface area (Å²) in [6.45, 7) is 4.72. The fraction of sp³-hybridized carbons (Fsp3) is 0.0638. The van der Waals surface area contributed by atoms with Crippen molar-refractivity contribution in [2.45, 2.75) is 19.3 Å². The van der Waals surface area contributed by atoms with E-state index in [0.717, 1.165) is 17.1 Å². The summed E-state index contributed by atoms with van der Waals surface area (Å²) < 4.78 is 0. The van der Waals surface area contributed by atoms with Crippen LogP contribution in [0.1, 0.15) is 25.0 Å². The van der Waals surface area contributed by atoms with Crippen LogP contribution in [0.3, 0.4) is 0 Å². The Labute approximate surface area is 280 Å². The van der Waals surface area contributed by atoms with Crippen LogP contribution in [0.25, 0.3) is 65.0 Å². The van der Waals surface area contributed by atoms with Gasteiger partial charge in [-0.15, -0.1) is 0 Å². The lowest BCUT2D eigenvalue weighted by atomic mass is 9.81. The quantitative estimate of drug-likeness (QED) is 0.180.